The molecule has 6 heteroatoms. The van der Waals surface area contributed by atoms with Crippen LogP contribution < -0.4 is 5.32 Å². The zero-order valence-electron chi connectivity index (χ0n) is 12.9. The van der Waals surface area contributed by atoms with Gasteiger partial charge in [-0.2, -0.15) is 0 Å². The van der Waals surface area contributed by atoms with Gasteiger partial charge in [-0.15, -0.1) is 11.3 Å². The third-order valence-corrected chi connectivity index (χ3v) is 5.50. The molecule has 0 unspecified atom stereocenters. The lowest BCUT2D eigenvalue weighted by Crippen LogP contribution is -2.13. The zero-order chi connectivity index (χ0) is 17.2. The van der Waals surface area contributed by atoms with Crippen LogP contribution >= 0.6 is 11.3 Å². The summed E-state index contributed by atoms with van der Waals surface area (Å²) in [5.41, 5.74) is 1.92. The standard InChI is InChI=1S/C18H15NO3S2/c1-24(21,22)14-7-4-6-13(12-14)18(20)19-16-9-3-2-8-15(16)17-10-5-11-23-17/h2-12H,1H3,(H,19,20). The Morgan fingerprint density at radius 3 is 2.50 bits per heavy atom. The first kappa shape index (κ1) is 16.4. The van der Waals surface area contributed by atoms with Crippen molar-refractivity contribution in [3.8, 4) is 10.4 Å². The molecule has 1 N–H and O–H groups in total. The van der Waals surface area contributed by atoms with Crippen molar-refractivity contribution in [2.24, 2.45) is 0 Å². The van der Waals surface area contributed by atoms with Gasteiger partial charge in [-0.25, -0.2) is 8.42 Å². The molecule has 0 aliphatic carbocycles. The van der Waals surface area contributed by atoms with Gasteiger partial charge in [0.25, 0.3) is 5.91 Å². The Kier molecular flexibility index (Phi) is 4.51. The van der Waals surface area contributed by atoms with Crippen LogP contribution in [0.4, 0.5) is 5.69 Å². The molecular formula is C18H15NO3S2. The van der Waals surface area contributed by atoms with Crippen molar-refractivity contribution in [3.63, 3.8) is 0 Å². The monoisotopic (exact) mass is 357 g/mol. The number of nitrogens with one attached hydrogen (secondary N) is 1. The van der Waals surface area contributed by atoms with Crippen LogP contribution in [0.3, 0.4) is 0 Å². The highest BCUT2D eigenvalue weighted by molar-refractivity contribution is 7.90. The molecule has 0 fully saturated rings. The number of rotatable bonds is 4. The van der Waals surface area contributed by atoms with E-state index in [2.05, 4.69) is 5.32 Å². The van der Waals surface area contributed by atoms with E-state index in [1.54, 1.807) is 23.5 Å². The lowest BCUT2D eigenvalue weighted by Gasteiger charge is -2.10. The maximum Gasteiger partial charge on any atom is 0.255 e. The van der Waals surface area contributed by atoms with Crippen molar-refractivity contribution in [1.82, 2.24) is 0 Å². The Balaban J connectivity index is 1.92. The minimum atomic E-state index is -3.35. The van der Waals surface area contributed by atoms with Crippen molar-refractivity contribution < 1.29 is 13.2 Å². The lowest BCUT2D eigenvalue weighted by atomic mass is 10.1. The molecule has 0 bridgehead atoms. The van der Waals surface area contributed by atoms with Crippen LogP contribution in [-0.2, 0) is 9.84 Å². The first-order valence-corrected chi connectivity index (χ1v) is 9.96. The fourth-order valence-electron chi connectivity index (χ4n) is 2.30. The number of benzene rings is 2. The Labute approximate surface area is 144 Å². The van der Waals surface area contributed by atoms with E-state index < -0.39 is 9.84 Å². The lowest BCUT2D eigenvalue weighted by molar-refractivity contribution is 0.102. The third kappa shape index (κ3) is 3.55. The van der Waals surface area contributed by atoms with Crippen molar-refractivity contribution in [3.05, 3.63) is 71.6 Å². The summed E-state index contributed by atoms with van der Waals surface area (Å²) in [6.07, 6.45) is 1.12. The van der Waals surface area contributed by atoms with E-state index in [1.165, 1.54) is 12.1 Å². The fourth-order valence-corrected chi connectivity index (χ4v) is 3.73. The predicted octanol–water partition coefficient (Wildman–Crippen LogP) is 4.07. The van der Waals surface area contributed by atoms with E-state index in [1.807, 2.05) is 41.8 Å². The second kappa shape index (κ2) is 6.59. The molecule has 1 aromatic heterocycles. The highest BCUT2D eigenvalue weighted by Gasteiger charge is 2.13. The summed E-state index contributed by atoms with van der Waals surface area (Å²) in [6.45, 7) is 0. The Hall–Kier alpha value is -2.44. The normalized spacial score (nSPS) is 11.2. The zero-order valence-corrected chi connectivity index (χ0v) is 14.5. The minimum absolute atomic E-state index is 0.127. The second-order valence-corrected chi connectivity index (χ2v) is 8.24. The molecule has 3 aromatic rings. The highest BCUT2D eigenvalue weighted by Crippen LogP contribution is 2.31. The Bertz CT molecular complexity index is 977. The maximum atomic E-state index is 12.5. The van der Waals surface area contributed by atoms with Crippen LogP contribution in [0.5, 0.6) is 0 Å². The number of amides is 1. The van der Waals surface area contributed by atoms with Crippen LogP contribution in [-0.4, -0.2) is 20.6 Å². The van der Waals surface area contributed by atoms with Gasteiger partial charge in [0.15, 0.2) is 9.84 Å². The van der Waals surface area contributed by atoms with Crippen LogP contribution in [0, 0.1) is 0 Å². The molecule has 2 aromatic carbocycles. The van der Waals surface area contributed by atoms with Gasteiger partial charge in [-0.3, -0.25) is 4.79 Å². The summed E-state index contributed by atoms with van der Waals surface area (Å²) in [6, 6.07) is 17.5. The van der Waals surface area contributed by atoms with Crippen LogP contribution in [0.15, 0.2) is 70.9 Å². The molecule has 1 heterocycles. The number of hydrogen-bond donors (Lipinski definition) is 1. The first-order valence-electron chi connectivity index (χ1n) is 7.19. The Morgan fingerprint density at radius 1 is 1.00 bits per heavy atom. The number of carbonyl (C=O) groups is 1. The highest BCUT2D eigenvalue weighted by atomic mass is 32.2. The van der Waals surface area contributed by atoms with Gasteiger partial charge in [0.2, 0.25) is 0 Å². The summed E-state index contributed by atoms with van der Waals surface area (Å²) in [5.74, 6) is -0.343. The predicted molar refractivity (Wildman–Crippen MR) is 97.3 cm³/mol. The van der Waals surface area contributed by atoms with Gasteiger partial charge in [0, 0.05) is 27.9 Å². The van der Waals surface area contributed by atoms with Gasteiger partial charge in [0.05, 0.1) is 4.90 Å². The number of carbonyl (C=O) groups excluding carboxylic acids is 1. The number of hydrogen-bond acceptors (Lipinski definition) is 4. The molecule has 4 nitrogen and oxygen atoms in total. The number of thiophene rings is 1. The molecule has 0 aliphatic heterocycles. The van der Waals surface area contributed by atoms with Gasteiger partial charge in [-0.05, 0) is 35.7 Å². The largest absolute Gasteiger partial charge is 0.321 e. The Morgan fingerprint density at radius 2 is 1.79 bits per heavy atom. The summed E-state index contributed by atoms with van der Waals surface area (Å²) in [4.78, 5) is 13.7. The smallest absolute Gasteiger partial charge is 0.255 e. The van der Waals surface area contributed by atoms with E-state index in [9.17, 15) is 13.2 Å². The average Bonchev–Trinajstić information content (AvgIpc) is 3.09. The summed E-state index contributed by atoms with van der Waals surface area (Å²) in [5, 5.41) is 4.84. The molecule has 0 aliphatic rings. The molecule has 0 radical (unpaired) electrons. The van der Waals surface area contributed by atoms with Gasteiger partial charge >= 0.3 is 0 Å². The average molecular weight is 357 g/mol. The number of anilines is 1. The van der Waals surface area contributed by atoms with Crippen LogP contribution in [0.1, 0.15) is 10.4 Å². The first-order chi connectivity index (χ1) is 11.4. The van der Waals surface area contributed by atoms with E-state index in [4.69, 9.17) is 0 Å². The third-order valence-electron chi connectivity index (χ3n) is 3.49. The van der Waals surface area contributed by atoms with Crippen LogP contribution in [0.2, 0.25) is 0 Å². The molecule has 24 heavy (non-hydrogen) atoms. The van der Waals surface area contributed by atoms with E-state index in [0.29, 0.717) is 11.3 Å². The van der Waals surface area contributed by atoms with Gasteiger partial charge in [-0.1, -0.05) is 30.3 Å². The molecule has 3 rings (SSSR count). The summed E-state index contributed by atoms with van der Waals surface area (Å²) in [7, 11) is -3.35. The molecule has 0 saturated carbocycles. The molecule has 0 saturated heterocycles. The van der Waals surface area contributed by atoms with E-state index >= 15 is 0 Å². The van der Waals surface area contributed by atoms with Gasteiger partial charge in [0.1, 0.15) is 0 Å². The van der Waals surface area contributed by atoms with Crippen molar-refractivity contribution in [2.75, 3.05) is 11.6 Å². The quantitative estimate of drug-likeness (QED) is 0.765. The van der Waals surface area contributed by atoms with Gasteiger partial charge < -0.3 is 5.32 Å². The molecular weight excluding hydrogens is 342 g/mol. The summed E-state index contributed by atoms with van der Waals surface area (Å²) >= 11 is 1.59. The van der Waals surface area contributed by atoms with E-state index in [-0.39, 0.29) is 10.8 Å². The minimum Gasteiger partial charge on any atom is -0.321 e. The number of sulfone groups is 1. The second-order valence-electron chi connectivity index (χ2n) is 5.28. The summed E-state index contributed by atoms with van der Waals surface area (Å²) < 4.78 is 23.3. The molecule has 0 spiro atoms. The fraction of sp³-hybridized carbons (Fsp3) is 0.0556. The topological polar surface area (TPSA) is 63.2 Å². The SMILES string of the molecule is CS(=O)(=O)c1cccc(C(=O)Nc2ccccc2-c2cccs2)c1. The van der Waals surface area contributed by atoms with Crippen LogP contribution in [0.25, 0.3) is 10.4 Å². The van der Waals surface area contributed by atoms with Crippen molar-refractivity contribution in [1.29, 1.82) is 0 Å². The van der Waals surface area contributed by atoms with Crippen molar-refractivity contribution in [2.45, 2.75) is 4.90 Å². The molecule has 0 atom stereocenters. The molecule has 122 valence electrons. The number of para-hydroxylation sites is 1. The van der Waals surface area contributed by atoms with E-state index in [0.717, 1.165) is 16.7 Å². The van der Waals surface area contributed by atoms with Crippen molar-refractivity contribution >= 4 is 32.8 Å². The molecule has 1 amide bonds. The maximum absolute atomic E-state index is 12.5.